The molecule has 19 heavy (non-hydrogen) atoms. The Morgan fingerprint density at radius 1 is 1.21 bits per heavy atom. The Balaban J connectivity index is 1.83. The summed E-state index contributed by atoms with van der Waals surface area (Å²) in [6.45, 7) is 0.590. The molecule has 1 amide bonds. The quantitative estimate of drug-likeness (QED) is 0.744. The van der Waals surface area contributed by atoms with Gasteiger partial charge in [-0.1, -0.05) is 34.1 Å². The van der Waals surface area contributed by atoms with Crippen molar-refractivity contribution >= 4 is 21.8 Å². The molecule has 0 saturated carbocycles. The van der Waals surface area contributed by atoms with Gasteiger partial charge in [-0.3, -0.25) is 9.69 Å². The molecule has 2 aliphatic heterocycles. The van der Waals surface area contributed by atoms with Crippen LogP contribution in [0.3, 0.4) is 0 Å². The molecular formula is C15H10BrNO2. The Bertz CT molecular complexity index is 698. The highest BCUT2D eigenvalue weighted by Gasteiger charge is 2.41. The molecule has 0 radical (unpaired) electrons. The van der Waals surface area contributed by atoms with Crippen molar-refractivity contribution in [2.75, 3.05) is 0 Å². The van der Waals surface area contributed by atoms with Gasteiger partial charge in [0, 0.05) is 21.2 Å². The van der Waals surface area contributed by atoms with Crippen LogP contribution in [-0.2, 0) is 6.54 Å². The highest BCUT2D eigenvalue weighted by molar-refractivity contribution is 9.10. The van der Waals surface area contributed by atoms with Gasteiger partial charge in [-0.05, 0) is 24.3 Å². The lowest BCUT2D eigenvalue weighted by Gasteiger charge is -2.32. The highest BCUT2D eigenvalue weighted by atomic mass is 79.9. The van der Waals surface area contributed by atoms with Crippen LogP contribution < -0.4 is 4.74 Å². The number of halogens is 1. The van der Waals surface area contributed by atoms with Gasteiger partial charge in [-0.15, -0.1) is 0 Å². The first-order valence-electron chi connectivity index (χ1n) is 6.09. The van der Waals surface area contributed by atoms with Crippen molar-refractivity contribution in [1.29, 1.82) is 0 Å². The molecule has 2 aromatic rings. The average molecular weight is 316 g/mol. The molecule has 0 aromatic heterocycles. The summed E-state index contributed by atoms with van der Waals surface area (Å²) in [7, 11) is 0. The van der Waals surface area contributed by atoms with Gasteiger partial charge in [-0.25, -0.2) is 0 Å². The molecule has 2 aliphatic rings. The topological polar surface area (TPSA) is 29.5 Å². The molecule has 2 heterocycles. The Morgan fingerprint density at radius 2 is 2.05 bits per heavy atom. The Morgan fingerprint density at radius 3 is 2.95 bits per heavy atom. The third kappa shape index (κ3) is 1.53. The predicted octanol–water partition coefficient (Wildman–Crippen LogP) is 3.50. The third-order valence-electron chi connectivity index (χ3n) is 3.60. The molecule has 4 heteroatoms. The Hall–Kier alpha value is -1.81. The van der Waals surface area contributed by atoms with Gasteiger partial charge >= 0.3 is 0 Å². The fourth-order valence-corrected chi connectivity index (χ4v) is 3.12. The number of hydrogen-bond donors (Lipinski definition) is 0. The van der Waals surface area contributed by atoms with Crippen LogP contribution in [0.15, 0.2) is 46.9 Å². The number of hydrogen-bond acceptors (Lipinski definition) is 2. The summed E-state index contributed by atoms with van der Waals surface area (Å²) < 4.78 is 6.99. The van der Waals surface area contributed by atoms with E-state index in [-0.39, 0.29) is 12.1 Å². The van der Waals surface area contributed by atoms with Gasteiger partial charge in [0.15, 0.2) is 0 Å². The monoisotopic (exact) mass is 315 g/mol. The van der Waals surface area contributed by atoms with Gasteiger partial charge in [0.2, 0.25) is 6.23 Å². The van der Waals surface area contributed by atoms with Crippen LogP contribution in [0, 0.1) is 0 Å². The van der Waals surface area contributed by atoms with E-state index >= 15 is 0 Å². The second kappa shape index (κ2) is 3.84. The van der Waals surface area contributed by atoms with Crippen LogP contribution in [0.2, 0.25) is 0 Å². The largest absolute Gasteiger partial charge is 0.466 e. The van der Waals surface area contributed by atoms with Crippen molar-refractivity contribution < 1.29 is 9.53 Å². The van der Waals surface area contributed by atoms with Crippen molar-refractivity contribution in [3.05, 3.63) is 63.6 Å². The maximum absolute atomic E-state index is 12.4. The fourth-order valence-electron chi connectivity index (χ4n) is 2.71. The van der Waals surface area contributed by atoms with Crippen molar-refractivity contribution in [2.45, 2.75) is 12.8 Å². The smallest absolute Gasteiger partial charge is 0.257 e. The normalized spacial score (nSPS) is 19.5. The summed E-state index contributed by atoms with van der Waals surface area (Å²) in [6, 6.07) is 13.6. The first kappa shape index (κ1) is 11.1. The summed E-state index contributed by atoms with van der Waals surface area (Å²) in [6.07, 6.45) is -0.280. The molecule has 0 bridgehead atoms. The molecule has 0 saturated heterocycles. The van der Waals surface area contributed by atoms with Crippen molar-refractivity contribution in [3.63, 3.8) is 0 Å². The number of nitrogens with zero attached hydrogens (tertiary/aromatic N) is 1. The number of carbonyl (C=O) groups excluding carboxylic acids is 1. The fraction of sp³-hybridized carbons (Fsp3) is 0.133. The first-order valence-corrected chi connectivity index (χ1v) is 6.88. The molecule has 3 nitrogen and oxygen atoms in total. The minimum absolute atomic E-state index is 0.0474. The van der Waals surface area contributed by atoms with Crippen LogP contribution in [0.1, 0.15) is 27.7 Å². The number of amides is 1. The molecule has 94 valence electrons. The zero-order chi connectivity index (χ0) is 13.0. The lowest BCUT2D eigenvalue weighted by atomic mass is 10.1. The van der Waals surface area contributed by atoms with E-state index in [1.54, 1.807) is 4.90 Å². The van der Waals surface area contributed by atoms with Gasteiger partial charge in [0.25, 0.3) is 5.91 Å². The predicted molar refractivity (Wildman–Crippen MR) is 73.8 cm³/mol. The second-order valence-corrected chi connectivity index (χ2v) is 5.66. The molecule has 4 rings (SSSR count). The van der Waals surface area contributed by atoms with E-state index in [1.165, 1.54) is 0 Å². The minimum Gasteiger partial charge on any atom is -0.466 e. The van der Waals surface area contributed by atoms with E-state index in [1.807, 2.05) is 42.5 Å². The Labute approximate surface area is 118 Å². The number of ether oxygens (including phenoxy) is 1. The molecule has 1 unspecified atom stereocenters. The van der Waals surface area contributed by atoms with Crippen LogP contribution in [-0.4, -0.2) is 10.8 Å². The maximum Gasteiger partial charge on any atom is 0.257 e. The standard InChI is InChI=1S/C15H10BrNO2/c16-10-5-6-13-9(7-10)8-17-14(18)11-3-1-2-4-12(11)15(17)19-13/h1-7,15H,8H2. The molecule has 0 fully saturated rings. The van der Waals surface area contributed by atoms with Gasteiger partial charge < -0.3 is 4.74 Å². The van der Waals surface area contributed by atoms with E-state index in [4.69, 9.17) is 4.74 Å². The number of carbonyl (C=O) groups is 1. The van der Waals surface area contributed by atoms with E-state index in [2.05, 4.69) is 15.9 Å². The molecule has 0 N–H and O–H groups in total. The minimum atomic E-state index is -0.280. The summed E-state index contributed by atoms with van der Waals surface area (Å²) in [5.41, 5.74) is 2.74. The van der Waals surface area contributed by atoms with Crippen molar-refractivity contribution in [2.24, 2.45) is 0 Å². The van der Waals surface area contributed by atoms with E-state index < -0.39 is 0 Å². The summed E-state index contributed by atoms with van der Waals surface area (Å²) >= 11 is 3.45. The molecule has 0 spiro atoms. The van der Waals surface area contributed by atoms with Gasteiger partial charge in [0.1, 0.15) is 5.75 Å². The highest BCUT2D eigenvalue weighted by Crippen LogP contribution is 2.42. The number of benzene rings is 2. The van der Waals surface area contributed by atoms with Crippen LogP contribution >= 0.6 is 15.9 Å². The number of fused-ring (bicyclic) bond motifs is 4. The molecule has 1 atom stereocenters. The van der Waals surface area contributed by atoms with Crippen LogP contribution in [0.5, 0.6) is 5.75 Å². The van der Waals surface area contributed by atoms with Crippen LogP contribution in [0.4, 0.5) is 0 Å². The number of rotatable bonds is 0. The van der Waals surface area contributed by atoms with E-state index in [9.17, 15) is 4.79 Å². The molecule has 0 aliphatic carbocycles. The van der Waals surface area contributed by atoms with Crippen LogP contribution in [0.25, 0.3) is 0 Å². The average Bonchev–Trinajstić information content (AvgIpc) is 2.70. The maximum atomic E-state index is 12.4. The SMILES string of the molecule is O=C1c2ccccc2C2Oc3ccc(Br)cc3CN12. The summed E-state index contributed by atoms with van der Waals surface area (Å²) in [5, 5.41) is 0. The third-order valence-corrected chi connectivity index (χ3v) is 4.10. The summed E-state index contributed by atoms with van der Waals surface area (Å²) in [5.74, 6) is 0.903. The van der Waals surface area contributed by atoms with Gasteiger partial charge in [0.05, 0.1) is 6.54 Å². The molecular weight excluding hydrogens is 306 g/mol. The van der Waals surface area contributed by atoms with E-state index in [0.29, 0.717) is 6.54 Å². The zero-order valence-electron chi connectivity index (χ0n) is 9.97. The van der Waals surface area contributed by atoms with Gasteiger partial charge in [-0.2, -0.15) is 0 Å². The zero-order valence-corrected chi connectivity index (χ0v) is 11.6. The van der Waals surface area contributed by atoms with Crippen molar-refractivity contribution in [3.8, 4) is 5.75 Å². The first-order chi connectivity index (χ1) is 9.24. The summed E-state index contributed by atoms with van der Waals surface area (Å²) in [4.78, 5) is 14.1. The second-order valence-electron chi connectivity index (χ2n) is 4.74. The lowest BCUT2D eigenvalue weighted by molar-refractivity contribution is 0.0146. The van der Waals surface area contributed by atoms with E-state index in [0.717, 1.165) is 26.9 Å². The lowest BCUT2D eigenvalue weighted by Crippen LogP contribution is -2.34. The Kier molecular flexibility index (Phi) is 2.23. The molecule has 2 aromatic carbocycles. The van der Waals surface area contributed by atoms with Crippen molar-refractivity contribution in [1.82, 2.24) is 4.90 Å².